The molecule has 0 bridgehead atoms. The van der Waals surface area contributed by atoms with Crippen molar-refractivity contribution in [3.05, 3.63) is 59.2 Å². The van der Waals surface area contributed by atoms with Gasteiger partial charge in [-0.15, -0.1) is 0 Å². The molecule has 2 rings (SSSR count). The third-order valence-corrected chi connectivity index (χ3v) is 4.48. The molecule has 0 aliphatic rings. The number of benzene rings is 2. The summed E-state index contributed by atoms with van der Waals surface area (Å²) >= 11 is 0. The van der Waals surface area contributed by atoms with E-state index in [0.29, 0.717) is 11.4 Å². The molecule has 0 saturated heterocycles. The summed E-state index contributed by atoms with van der Waals surface area (Å²) in [5, 5.41) is 8.17. The first-order chi connectivity index (χ1) is 15.5. The number of rotatable bonds is 9. The van der Waals surface area contributed by atoms with E-state index in [2.05, 4.69) is 16.0 Å². The fourth-order valence-corrected chi connectivity index (χ4v) is 2.95. The summed E-state index contributed by atoms with van der Waals surface area (Å²) in [7, 11) is 0. The summed E-state index contributed by atoms with van der Waals surface area (Å²) < 4.78 is 10.7. The molecule has 0 aromatic heterocycles. The normalized spacial score (nSPS) is 10.8. The van der Waals surface area contributed by atoms with E-state index in [-0.39, 0.29) is 37.9 Å². The minimum absolute atomic E-state index is 0.0870. The van der Waals surface area contributed by atoms with Gasteiger partial charge in [-0.2, -0.15) is 0 Å². The molecule has 0 aliphatic heterocycles. The van der Waals surface area contributed by atoms with Crippen LogP contribution >= 0.6 is 0 Å². The van der Waals surface area contributed by atoms with Crippen LogP contribution in [0, 0.1) is 13.8 Å². The van der Waals surface area contributed by atoms with Crippen LogP contribution in [0.25, 0.3) is 0 Å². The zero-order valence-electron chi connectivity index (χ0n) is 19.9. The Labute approximate surface area is 195 Å². The van der Waals surface area contributed by atoms with Crippen LogP contribution in [0.4, 0.5) is 10.5 Å². The molecule has 0 aliphatic carbocycles. The van der Waals surface area contributed by atoms with Gasteiger partial charge in [-0.3, -0.25) is 9.59 Å². The van der Waals surface area contributed by atoms with Crippen molar-refractivity contribution in [3.63, 3.8) is 0 Å². The quantitative estimate of drug-likeness (QED) is 0.533. The fraction of sp³-hybridized carbons (Fsp3) is 0.400. The Bertz CT molecular complexity index is 982. The molecule has 3 N–H and O–H groups in total. The highest BCUT2D eigenvalue weighted by molar-refractivity contribution is 5.92. The standard InChI is InChI=1S/C25H33N3O5/c1-17-10-11-21(18(2)14-17)32-16-23(30)27-15-19-8-6-7-9-20(19)28-22(29)12-13-26-24(31)33-25(3,4)5/h6-11,14H,12-13,15-16H2,1-5H3,(H,26,31)(H,27,30)(H,28,29). The molecule has 8 heteroatoms. The van der Waals surface area contributed by atoms with Crippen molar-refractivity contribution < 1.29 is 23.9 Å². The van der Waals surface area contributed by atoms with E-state index in [4.69, 9.17) is 9.47 Å². The summed E-state index contributed by atoms with van der Waals surface area (Å²) in [6.45, 7) is 9.52. The summed E-state index contributed by atoms with van der Waals surface area (Å²) in [6, 6.07) is 13.0. The Hall–Kier alpha value is -3.55. The van der Waals surface area contributed by atoms with Crippen LogP contribution < -0.4 is 20.7 Å². The first-order valence-corrected chi connectivity index (χ1v) is 10.8. The Balaban J connectivity index is 1.80. The molecule has 0 heterocycles. The third kappa shape index (κ3) is 9.64. The number of nitrogens with one attached hydrogen (secondary N) is 3. The van der Waals surface area contributed by atoms with Crippen molar-refractivity contribution in [3.8, 4) is 5.75 Å². The van der Waals surface area contributed by atoms with Gasteiger partial charge in [0.2, 0.25) is 5.91 Å². The number of amides is 3. The van der Waals surface area contributed by atoms with Gasteiger partial charge in [0.1, 0.15) is 11.4 Å². The maximum Gasteiger partial charge on any atom is 0.407 e. The highest BCUT2D eigenvalue weighted by Gasteiger charge is 2.16. The van der Waals surface area contributed by atoms with Crippen molar-refractivity contribution in [1.82, 2.24) is 10.6 Å². The number of carbonyl (C=O) groups is 3. The maximum atomic E-state index is 12.3. The average Bonchev–Trinajstić information content (AvgIpc) is 2.71. The predicted molar refractivity (Wildman–Crippen MR) is 127 cm³/mol. The van der Waals surface area contributed by atoms with E-state index >= 15 is 0 Å². The predicted octanol–water partition coefficient (Wildman–Crippen LogP) is 3.85. The molecule has 0 atom stereocenters. The van der Waals surface area contributed by atoms with E-state index in [9.17, 15) is 14.4 Å². The van der Waals surface area contributed by atoms with Crippen molar-refractivity contribution in [2.75, 3.05) is 18.5 Å². The van der Waals surface area contributed by atoms with E-state index in [1.807, 2.05) is 44.2 Å². The van der Waals surface area contributed by atoms with Gasteiger partial charge in [0.15, 0.2) is 6.61 Å². The third-order valence-electron chi connectivity index (χ3n) is 4.48. The number of carbonyl (C=O) groups excluding carboxylic acids is 3. The lowest BCUT2D eigenvalue weighted by Gasteiger charge is -2.19. The number of hydrogen-bond acceptors (Lipinski definition) is 5. The summed E-state index contributed by atoms with van der Waals surface area (Å²) in [6.07, 6.45) is -0.481. The van der Waals surface area contributed by atoms with E-state index in [0.717, 1.165) is 16.7 Å². The molecule has 0 radical (unpaired) electrons. The summed E-state index contributed by atoms with van der Waals surface area (Å²) in [5.41, 5.74) is 2.85. The van der Waals surface area contributed by atoms with Crippen LogP contribution in [-0.4, -0.2) is 36.7 Å². The number of anilines is 1. The molecule has 8 nitrogen and oxygen atoms in total. The molecule has 0 fully saturated rings. The van der Waals surface area contributed by atoms with Gasteiger partial charge in [-0.05, 0) is 57.9 Å². The molecule has 0 spiro atoms. The van der Waals surface area contributed by atoms with E-state index in [1.165, 1.54) is 0 Å². The lowest BCUT2D eigenvalue weighted by molar-refractivity contribution is -0.123. The van der Waals surface area contributed by atoms with Crippen molar-refractivity contribution in [1.29, 1.82) is 0 Å². The number of alkyl carbamates (subject to hydrolysis) is 1. The monoisotopic (exact) mass is 455 g/mol. The summed E-state index contributed by atoms with van der Waals surface area (Å²) in [5.74, 6) is 0.143. The molecule has 33 heavy (non-hydrogen) atoms. The average molecular weight is 456 g/mol. The number of aryl methyl sites for hydroxylation is 2. The van der Waals surface area contributed by atoms with Gasteiger partial charge in [-0.25, -0.2) is 4.79 Å². The fourth-order valence-electron chi connectivity index (χ4n) is 2.95. The van der Waals surface area contributed by atoms with Gasteiger partial charge in [0.25, 0.3) is 5.91 Å². The van der Waals surface area contributed by atoms with Gasteiger partial charge >= 0.3 is 6.09 Å². The van der Waals surface area contributed by atoms with Crippen LogP contribution in [-0.2, 0) is 20.9 Å². The van der Waals surface area contributed by atoms with Gasteiger partial charge in [0.05, 0.1) is 0 Å². The summed E-state index contributed by atoms with van der Waals surface area (Å²) in [4.78, 5) is 36.2. The second kappa shape index (κ2) is 11.9. The minimum atomic E-state index is -0.597. The second-order valence-corrected chi connectivity index (χ2v) is 8.72. The van der Waals surface area contributed by atoms with Crippen molar-refractivity contribution in [2.24, 2.45) is 0 Å². The first-order valence-electron chi connectivity index (χ1n) is 10.8. The van der Waals surface area contributed by atoms with Gasteiger partial charge < -0.3 is 25.4 Å². The molecule has 0 saturated carbocycles. The van der Waals surface area contributed by atoms with Gasteiger partial charge in [0, 0.05) is 25.2 Å². The highest BCUT2D eigenvalue weighted by atomic mass is 16.6. The van der Waals surface area contributed by atoms with Crippen LogP contribution in [0.2, 0.25) is 0 Å². The molecular formula is C25H33N3O5. The van der Waals surface area contributed by atoms with E-state index in [1.54, 1.807) is 32.9 Å². The maximum absolute atomic E-state index is 12.3. The highest BCUT2D eigenvalue weighted by Crippen LogP contribution is 2.19. The van der Waals surface area contributed by atoms with E-state index < -0.39 is 11.7 Å². The minimum Gasteiger partial charge on any atom is -0.484 e. The zero-order valence-corrected chi connectivity index (χ0v) is 19.9. The SMILES string of the molecule is Cc1ccc(OCC(=O)NCc2ccccc2NC(=O)CCNC(=O)OC(C)(C)C)c(C)c1. The molecule has 0 unspecified atom stereocenters. The smallest absolute Gasteiger partial charge is 0.407 e. The largest absolute Gasteiger partial charge is 0.484 e. The van der Waals surface area contributed by atoms with Crippen LogP contribution in [0.3, 0.4) is 0 Å². The van der Waals surface area contributed by atoms with Crippen molar-refractivity contribution in [2.45, 2.75) is 53.2 Å². The number of para-hydroxylation sites is 1. The number of ether oxygens (including phenoxy) is 2. The Morgan fingerprint density at radius 1 is 0.939 bits per heavy atom. The molecule has 2 aromatic rings. The van der Waals surface area contributed by atoms with Crippen molar-refractivity contribution >= 4 is 23.6 Å². The zero-order chi connectivity index (χ0) is 24.4. The second-order valence-electron chi connectivity index (χ2n) is 8.72. The molecular weight excluding hydrogens is 422 g/mol. The van der Waals surface area contributed by atoms with Gasteiger partial charge in [-0.1, -0.05) is 35.9 Å². The van der Waals surface area contributed by atoms with Crippen LogP contribution in [0.1, 0.15) is 43.9 Å². The molecule has 2 aromatic carbocycles. The first kappa shape index (κ1) is 25.7. The van der Waals surface area contributed by atoms with Crippen LogP contribution in [0.5, 0.6) is 5.75 Å². The van der Waals surface area contributed by atoms with Crippen LogP contribution in [0.15, 0.2) is 42.5 Å². The number of hydrogen-bond donors (Lipinski definition) is 3. The Morgan fingerprint density at radius 2 is 1.67 bits per heavy atom. The molecule has 178 valence electrons. The topological polar surface area (TPSA) is 106 Å². The Kier molecular flexibility index (Phi) is 9.27. The molecule has 3 amide bonds. The lowest BCUT2D eigenvalue weighted by Crippen LogP contribution is -2.34. The Morgan fingerprint density at radius 3 is 2.36 bits per heavy atom. The lowest BCUT2D eigenvalue weighted by atomic mass is 10.1.